The van der Waals surface area contributed by atoms with Crippen molar-refractivity contribution < 1.29 is 19.4 Å². The van der Waals surface area contributed by atoms with Gasteiger partial charge in [-0.1, -0.05) is 19.1 Å². The SMILES string of the molecule is CC[C@H](NC(=O)Cc1ccc(OC)cc1)C(=O)O. The smallest absolute Gasteiger partial charge is 0.326 e. The number of carbonyl (C=O) groups is 2. The fourth-order valence-corrected chi connectivity index (χ4v) is 1.51. The van der Waals surface area contributed by atoms with Gasteiger partial charge in [0.1, 0.15) is 11.8 Å². The molecule has 0 unspecified atom stereocenters. The van der Waals surface area contributed by atoms with Crippen molar-refractivity contribution in [1.82, 2.24) is 5.32 Å². The molecule has 0 aliphatic rings. The molecular formula is C13H17NO4. The Balaban J connectivity index is 2.55. The number of carbonyl (C=O) groups excluding carboxylic acids is 1. The summed E-state index contributed by atoms with van der Waals surface area (Å²) in [7, 11) is 1.57. The molecule has 18 heavy (non-hydrogen) atoms. The second-order valence-electron chi connectivity index (χ2n) is 3.89. The van der Waals surface area contributed by atoms with Crippen LogP contribution in [-0.4, -0.2) is 30.1 Å². The molecule has 0 fully saturated rings. The predicted octanol–water partition coefficient (Wildman–Crippen LogP) is 1.22. The van der Waals surface area contributed by atoms with Crippen molar-refractivity contribution in [2.24, 2.45) is 0 Å². The van der Waals surface area contributed by atoms with Crippen molar-refractivity contribution in [1.29, 1.82) is 0 Å². The number of carboxylic acid groups (broad SMARTS) is 1. The van der Waals surface area contributed by atoms with E-state index in [0.29, 0.717) is 6.42 Å². The Morgan fingerprint density at radius 3 is 2.39 bits per heavy atom. The summed E-state index contributed by atoms with van der Waals surface area (Å²) in [5, 5.41) is 11.3. The number of aliphatic carboxylic acids is 1. The monoisotopic (exact) mass is 251 g/mol. The highest BCUT2D eigenvalue weighted by Crippen LogP contribution is 2.11. The maximum atomic E-state index is 11.6. The average Bonchev–Trinajstić information content (AvgIpc) is 2.36. The molecule has 0 radical (unpaired) electrons. The first kappa shape index (κ1) is 14.0. The van der Waals surface area contributed by atoms with Gasteiger partial charge < -0.3 is 15.2 Å². The normalized spacial score (nSPS) is 11.7. The Hall–Kier alpha value is -2.04. The van der Waals surface area contributed by atoms with E-state index in [4.69, 9.17) is 9.84 Å². The highest BCUT2D eigenvalue weighted by molar-refractivity contribution is 5.84. The van der Waals surface area contributed by atoms with E-state index in [1.165, 1.54) is 0 Å². The summed E-state index contributed by atoms with van der Waals surface area (Å²) in [6, 6.07) is 6.25. The Kier molecular flexibility index (Phi) is 5.17. The number of benzene rings is 1. The summed E-state index contributed by atoms with van der Waals surface area (Å²) in [6.07, 6.45) is 0.525. The average molecular weight is 251 g/mol. The van der Waals surface area contributed by atoms with Crippen LogP contribution < -0.4 is 10.1 Å². The van der Waals surface area contributed by atoms with E-state index in [-0.39, 0.29) is 12.3 Å². The van der Waals surface area contributed by atoms with Crippen molar-refractivity contribution >= 4 is 11.9 Å². The first-order chi connectivity index (χ1) is 8.56. The minimum atomic E-state index is -1.01. The van der Waals surface area contributed by atoms with Crippen LogP contribution in [0.1, 0.15) is 18.9 Å². The van der Waals surface area contributed by atoms with Gasteiger partial charge in [-0.05, 0) is 24.1 Å². The van der Waals surface area contributed by atoms with E-state index in [2.05, 4.69) is 5.32 Å². The van der Waals surface area contributed by atoms with E-state index in [9.17, 15) is 9.59 Å². The van der Waals surface area contributed by atoms with E-state index in [0.717, 1.165) is 11.3 Å². The Morgan fingerprint density at radius 1 is 1.33 bits per heavy atom. The molecule has 5 heteroatoms. The van der Waals surface area contributed by atoms with E-state index in [1.807, 2.05) is 0 Å². The van der Waals surface area contributed by atoms with Gasteiger partial charge in [0, 0.05) is 0 Å². The second-order valence-corrected chi connectivity index (χ2v) is 3.89. The molecule has 0 spiro atoms. The highest BCUT2D eigenvalue weighted by Gasteiger charge is 2.17. The fraction of sp³-hybridized carbons (Fsp3) is 0.385. The van der Waals surface area contributed by atoms with Gasteiger partial charge in [-0.25, -0.2) is 4.79 Å². The van der Waals surface area contributed by atoms with Crippen LogP contribution in [0.3, 0.4) is 0 Å². The van der Waals surface area contributed by atoms with E-state index < -0.39 is 12.0 Å². The van der Waals surface area contributed by atoms with Crippen LogP contribution in [-0.2, 0) is 16.0 Å². The molecule has 0 aliphatic heterocycles. The van der Waals surface area contributed by atoms with Crippen LogP contribution >= 0.6 is 0 Å². The molecule has 0 saturated heterocycles. The lowest BCUT2D eigenvalue weighted by atomic mass is 10.1. The van der Waals surface area contributed by atoms with Crippen molar-refractivity contribution in [2.75, 3.05) is 7.11 Å². The largest absolute Gasteiger partial charge is 0.497 e. The van der Waals surface area contributed by atoms with E-state index in [1.54, 1.807) is 38.3 Å². The third-order valence-electron chi connectivity index (χ3n) is 2.57. The Morgan fingerprint density at radius 2 is 1.94 bits per heavy atom. The molecule has 1 rings (SSSR count). The lowest BCUT2D eigenvalue weighted by Gasteiger charge is -2.12. The predicted molar refractivity (Wildman–Crippen MR) is 66.6 cm³/mol. The Bertz CT molecular complexity index is 414. The maximum Gasteiger partial charge on any atom is 0.326 e. The summed E-state index contributed by atoms with van der Waals surface area (Å²) >= 11 is 0. The number of methoxy groups -OCH3 is 1. The maximum absolute atomic E-state index is 11.6. The quantitative estimate of drug-likeness (QED) is 0.797. The standard InChI is InChI=1S/C13H17NO4/c1-3-11(13(16)17)14-12(15)8-9-4-6-10(18-2)7-5-9/h4-7,11H,3,8H2,1-2H3,(H,14,15)(H,16,17)/t11-/m0/s1. The molecule has 0 heterocycles. The summed E-state index contributed by atoms with van der Waals surface area (Å²) in [4.78, 5) is 22.4. The first-order valence-corrected chi connectivity index (χ1v) is 5.72. The van der Waals surface area contributed by atoms with Crippen LogP contribution in [0.25, 0.3) is 0 Å². The summed E-state index contributed by atoms with van der Waals surface area (Å²) < 4.78 is 5.01. The van der Waals surface area contributed by atoms with Gasteiger partial charge in [0.15, 0.2) is 0 Å². The molecule has 1 amide bonds. The summed E-state index contributed by atoms with van der Waals surface area (Å²) in [6.45, 7) is 1.71. The molecule has 1 atom stereocenters. The van der Waals surface area contributed by atoms with Crippen LogP contribution in [0.2, 0.25) is 0 Å². The third-order valence-corrected chi connectivity index (χ3v) is 2.57. The van der Waals surface area contributed by atoms with Gasteiger partial charge in [-0.2, -0.15) is 0 Å². The molecule has 2 N–H and O–H groups in total. The zero-order valence-corrected chi connectivity index (χ0v) is 10.5. The minimum absolute atomic E-state index is 0.160. The molecule has 0 aliphatic carbocycles. The lowest BCUT2D eigenvalue weighted by molar-refractivity contribution is -0.141. The molecule has 98 valence electrons. The number of hydrogen-bond donors (Lipinski definition) is 2. The summed E-state index contributed by atoms with van der Waals surface area (Å²) in [5.74, 6) is -0.592. The molecular weight excluding hydrogens is 234 g/mol. The van der Waals surface area contributed by atoms with Gasteiger partial charge in [0.2, 0.25) is 5.91 Å². The molecule has 0 bridgehead atoms. The molecule has 1 aromatic rings. The number of ether oxygens (including phenoxy) is 1. The van der Waals surface area contributed by atoms with Gasteiger partial charge in [0.05, 0.1) is 13.5 Å². The Labute approximate surface area is 106 Å². The van der Waals surface area contributed by atoms with Crippen molar-refractivity contribution in [2.45, 2.75) is 25.8 Å². The molecule has 5 nitrogen and oxygen atoms in total. The second kappa shape index (κ2) is 6.64. The van der Waals surface area contributed by atoms with E-state index >= 15 is 0 Å². The van der Waals surface area contributed by atoms with Crippen molar-refractivity contribution in [3.8, 4) is 5.75 Å². The number of rotatable bonds is 6. The molecule has 0 aromatic heterocycles. The highest BCUT2D eigenvalue weighted by atomic mass is 16.5. The summed E-state index contributed by atoms with van der Waals surface area (Å²) in [5.41, 5.74) is 0.813. The lowest BCUT2D eigenvalue weighted by Crippen LogP contribution is -2.40. The number of carboxylic acids is 1. The minimum Gasteiger partial charge on any atom is -0.497 e. The van der Waals surface area contributed by atoms with Gasteiger partial charge in [0.25, 0.3) is 0 Å². The molecule has 1 aromatic carbocycles. The zero-order valence-electron chi connectivity index (χ0n) is 10.5. The zero-order chi connectivity index (χ0) is 13.5. The van der Waals surface area contributed by atoms with Crippen LogP contribution in [0.5, 0.6) is 5.75 Å². The first-order valence-electron chi connectivity index (χ1n) is 5.72. The number of amides is 1. The van der Waals surface area contributed by atoms with Gasteiger partial charge in [-0.15, -0.1) is 0 Å². The van der Waals surface area contributed by atoms with Gasteiger partial charge >= 0.3 is 5.97 Å². The fourth-order valence-electron chi connectivity index (χ4n) is 1.51. The number of hydrogen-bond acceptors (Lipinski definition) is 3. The molecule has 0 saturated carbocycles. The van der Waals surface area contributed by atoms with Crippen LogP contribution in [0.4, 0.5) is 0 Å². The third kappa shape index (κ3) is 4.08. The van der Waals surface area contributed by atoms with Crippen LogP contribution in [0.15, 0.2) is 24.3 Å². The topological polar surface area (TPSA) is 75.6 Å². The van der Waals surface area contributed by atoms with Crippen LogP contribution in [0, 0.1) is 0 Å². The van der Waals surface area contributed by atoms with Crippen molar-refractivity contribution in [3.05, 3.63) is 29.8 Å². The van der Waals surface area contributed by atoms with Gasteiger partial charge in [-0.3, -0.25) is 4.79 Å². The van der Waals surface area contributed by atoms with Crippen molar-refractivity contribution in [3.63, 3.8) is 0 Å². The number of nitrogens with one attached hydrogen (secondary N) is 1.